The van der Waals surface area contributed by atoms with Crippen LogP contribution in [-0.4, -0.2) is 24.5 Å². The number of hydrogen-bond acceptors (Lipinski definition) is 5. The number of aromatic nitrogens is 5. The zero-order valence-corrected chi connectivity index (χ0v) is 31.9. The molecule has 9 aromatic carbocycles. The molecule has 58 heavy (non-hydrogen) atoms. The van der Waals surface area contributed by atoms with Crippen molar-refractivity contribution < 1.29 is 0 Å². The number of hydrogen-bond donors (Lipinski definition) is 0. The Morgan fingerprint density at radius 3 is 1.71 bits per heavy atom. The van der Waals surface area contributed by atoms with Crippen LogP contribution >= 0.6 is 11.3 Å². The van der Waals surface area contributed by atoms with Gasteiger partial charge in [0.15, 0.2) is 17.5 Å². The molecule has 3 aromatic heterocycles. The van der Waals surface area contributed by atoms with Crippen molar-refractivity contribution in [1.29, 1.82) is 0 Å². The molecule has 0 saturated heterocycles. The maximum atomic E-state index is 5.31. The molecule has 0 aliphatic heterocycles. The molecular formula is C52H31N5S. The predicted molar refractivity (Wildman–Crippen MR) is 242 cm³/mol. The molecule has 270 valence electrons. The fourth-order valence-electron chi connectivity index (χ4n) is 8.60. The average molecular weight is 758 g/mol. The van der Waals surface area contributed by atoms with Crippen molar-refractivity contribution in [3.05, 3.63) is 188 Å². The summed E-state index contributed by atoms with van der Waals surface area (Å²) < 4.78 is 4.62. The van der Waals surface area contributed by atoms with E-state index in [1.807, 2.05) is 30.3 Å². The van der Waals surface area contributed by atoms with Crippen molar-refractivity contribution in [2.75, 3.05) is 0 Å². The normalized spacial score (nSPS) is 11.8. The first-order valence-electron chi connectivity index (χ1n) is 19.4. The maximum Gasteiger partial charge on any atom is 0.164 e. The number of nitrogens with zero attached hydrogens (tertiary/aromatic N) is 5. The molecule has 0 aliphatic carbocycles. The van der Waals surface area contributed by atoms with E-state index in [2.05, 4.69) is 162 Å². The Morgan fingerprint density at radius 2 is 0.948 bits per heavy atom. The largest absolute Gasteiger partial charge is 0.292 e. The van der Waals surface area contributed by atoms with Gasteiger partial charge in [0.05, 0.1) is 11.0 Å². The van der Waals surface area contributed by atoms with Gasteiger partial charge in [0.1, 0.15) is 5.82 Å². The number of rotatable bonds is 5. The quantitative estimate of drug-likeness (QED) is 0.164. The molecule has 6 heteroatoms. The van der Waals surface area contributed by atoms with Crippen LogP contribution in [0.2, 0.25) is 0 Å². The first-order chi connectivity index (χ1) is 28.7. The van der Waals surface area contributed by atoms with Crippen LogP contribution in [0.1, 0.15) is 0 Å². The third-order valence-corrected chi connectivity index (χ3v) is 12.4. The van der Waals surface area contributed by atoms with E-state index in [0.29, 0.717) is 17.5 Å². The van der Waals surface area contributed by atoms with Gasteiger partial charge in [-0.1, -0.05) is 133 Å². The van der Waals surface area contributed by atoms with Crippen LogP contribution < -0.4 is 0 Å². The van der Waals surface area contributed by atoms with Gasteiger partial charge in [0.25, 0.3) is 0 Å². The number of fused-ring (bicyclic) bond motifs is 10. The van der Waals surface area contributed by atoms with Crippen LogP contribution in [0.25, 0.3) is 115 Å². The minimum Gasteiger partial charge on any atom is -0.292 e. The molecule has 0 aliphatic rings. The van der Waals surface area contributed by atoms with Crippen molar-refractivity contribution >= 4 is 74.9 Å². The number of benzene rings is 9. The molecule has 0 unspecified atom stereocenters. The Labute approximate surface area is 337 Å². The third-order valence-electron chi connectivity index (χ3n) is 11.2. The fourth-order valence-corrected chi connectivity index (χ4v) is 9.71. The molecule has 0 saturated carbocycles. The van der Waals surface area contributed by atoms with Gasteiger partial charge in [-0.2, -0.15) is 0 Å². The van der Waals surface area contributed by atoms with Crippen LogP contribution in [0.15, 0.2) is 188 Å². The number of para-hydroxylation sites is 3. The second-order valence-corrected chi connectivity index (χ2v) is 15.7. The number of imidazole rings is 1. The highest BCUT2D eigenvalue weighted by Gasteiger charge is 2.20. The van der Waals surface area contributed by atoms with Gasteiger partial charge < -0.3 is 0 Å². The third kappa shape index (κ3) is 5.16. The second-order valence-electron chi connectivity index (χ2n) is 14.6. The van der Waals surface area contributed by atoms with E-state index in [1.54, 1.807) is 11.3 Å². The molecule has 0 amide bonds. The lowest BCUT2D eigenvalue weighted by Crippen LogP contribution is -2.00. The monoisotopic (exact) mass is 757 g/mol. The highest BCUT2D eigenvalue weighted by atomic mass is 32.1. The molecule has 0 radical (unpaired) electrons. The van der Waals surface area contributed by atoms with Crippen molar-refractivity contribution in [3.8, 4) is 51.2 Å². The predicted octanol–water partition coefficient (Wildman–Crippen LogP) is 13.7. The molecule has 0 fully saturated rings. The highest BCUT2D eigenvalue weighted by molar-refractivity contribution is 7.26. The van der Waals surface area contributed by atoms with Gasteiger partial charge in [-0.15, -0.1) is 11.3 Å². The Bertz CT molecular complexity index is 3540. The van der Waals surface area contributed by atoms with E-state index in [1.165, 1.54) is 41.7 Å². The van der Waals surface area contributed by atoms with Gasteiger partial charge in [-0.3, -0.25) is 4.57 Å². The summed E-state index contributed by atoms with van der Waals surface area (Å²) >= 11 is 1.79. The standard InChI is InChI=1S/C52H31N5S/c1-3-14-32(15-4-1)49-54-50(33-26-28-40-38-20-8-7-18-36(38)37-19-9-10-21-39(37)42(40)30-33)56-51(55-49)41-22-13-25-47-48(41)43-31-34(27-29-46(43)58-47)52-53-44-23-11-12-24-45(44)57(52)35-16-5-2-6-17-35/h1-31H. The number of thiophene rings is 1. The lowest BCUT2D eigenvalue weighted by Gasteiger charge is -2.13. The molecule has 3 heterocycles. The van der Waals surface area contributed by atoms with Crippen LogP contribution in [0.3, 0.4) is 0 Å². The fraction of sp³-hybridized carbons (Fsp3) is 0. The second kappa shape index (κ2) is 13.0. The summed E-state index contributed by atoms with van der Waals surface area (Å²) in [5.74, 6) is 2.81. The SMILES string of the molecule is c1ccc(-c2nc(-c3ccc4c5ccccc5c5ccccc5c4c3)nc(-c3cccc4sc5ccc(-c6nc7ccccc7n6-c6ccccc6)cc5c34)n2)cc1. The summed E-state index contributed by atoms with van der Waals surface area (Å²) in [4.78, 5) is 20.9. The average Bonchev–Trinajstić information content (AvgIpc) is 3.88. The Hall–Kier alpha value is -7.54. The summed E-state index contributed by atoms with van der Waals surface area (Å²) in [7, 11) is 0. The van der Waals surface area contributed by atoms with Gasteiger partial charge in [0.2, 0.25) is 0 Å². The van der Waals surface area contributed by atoms with E-state index in [0.717, 1.165) is 55.6 Å². The Balaban J connectivity index is 1.08. The van der Waals surface area contributed by atoms with Crippen LogP contribution in [0, 0.1) is 0 Å². The van der Waals surface area contributed by atoms with E-state index in [4.69, 9.17) is 19.9 Å². The Kier molecular flexibility index (Phi) is 7.33. The first-order valence-corrected chi connectivity index (χ1v) is 20.2. The van der Waals surface area contributed by atoms with Gasteiger partial charge in [-0.05, 0) is 86.9 Å². The van der Waals surface area contributed by atoms with Crippen molar-refractivity contribution in [2.24, 2.45) is 0 Å². The molecule has 0 bridgehead atoms. The molecule has 0 spiro atoms. The summed E-state index contributed by atoms with van der Waals surface area (Å²) in [6.07, 6.45) is 0. The van der Waals surface area contributed by atoms with E-state index in [-0.39, 0.29) is 0 Å². The van der Waals surface area contributed by atoms with Gasteiger partial charge in [0, 0.05) is 48.1 Å². The van der Waals surface area contributed by atoms with E-state index < -0.39 is 0 Å². The summed E-state index contributed by atoms with van der Waals surface area (Å²) in [6.45, 7) is 0. The van der Waals surface area contributed by atoms with Crippen molar-refractivity contribution in [2.45, 2.75) is 0 Å². The maximum absolute atomic E-state index is 5.31. The zero-order valence-electron chi connectivity index (χ0n) is 31.0. The van der Waals surface area contributed by atoms with Gasteiger partial charge in [-0.25, -0.2) is 19.9 Å². The molecular weight excluding hydrogens is 727 g/mol. The summed E-state index contributed by atoms with van der Waals surface area (Å²) in [6, 6.07) is 66.1. The first kappa shape index (κ1) is 32.7. The van der Waals surface area contributed by atoms with E-state index >= 15 is 0 Å². The lowest BCUT2D eigenvalue weighted by molar-refractivity contribution is 1.08. The van der Waals surface area contributed by atoms with Crippen LogP contribution in [0.5, 0.6) is 0 Å². The topological polar surface area (TPSA) is 56.5 Å². The highest BCUT2D eigenvalue weighted by Crippen LogP contribution is 2.43. The van der Waals surface area contributed by atoms with Crippen molar-refractivity contribution in [1.82, 2.24) is 24.5 Å². The van der Waals surface area contributed by atoms with E-state index in [9.17, 15) is 0 Å². The van der Waals surface area contributed by atoms with Crippen LogP contribution in [0.4, 0.5) is 0 Å². The van der Waals surface area contributed by atoms with Crippen molar-refractivity contribution in [3.63, 3.8) is 0 Å². The molecule has 0 N–H and O–H groups in total. The molecule has 5 nitrogen and oxygen atoms in total. The summed E-state index contributed by atoms with van der Waals surface area (Å²) in [5.41, 5.74) is 6.99. The molecule has 0 atom stereocenters. The Morgan fingerprint density at radius 1 is 0.362 bits per heavy atom. The zero-order chi connectivity index (χ0) is 38.2. The smallest absolute Gasteiger partial charge is 0.164 e. The lowest BCUT2D eigenvalue weighted by atomic mass is 9.93. The molecule has 12 rings (SSSR count). The van der Waals surface area contributed by atoms with Gasteiger partial charge >= 0.3 is 0 Å². The summed E-state index contributed by atoms with van der Waals surface area (Å²) in [5, 5.41) is 9.59. The molecule has 12 aromatic rings. The van der Waals surface area contributed by atoms with Crippen LogP contribution in [-0.2, 0) is 0 Å². The minimum atomic E-state index is 0.636. The minimum absolute atomic E-state index is 0.636.